The summed E-state index contributed by atoms with van der Waals surface area (Å²) in [6.45, 7) is 2.73. The lowest BCUT2D eigenvalue weighted by Crippen LogP contribution is -2.26. The second-order valence-electron chi connectivity index (χ2n) is 6.13. The van der Waals surface area contributed by atoms with Gasteiger partial charge in [0.2, 0.25) is 5.91 Å². The van der Waals surface area contributed by atoms with Crippen LogP contribution in [0.4, 0.5) is 0 Å². The topological polar surface area (TPSA) is 59.8 Å². The first-order valence-corrected chi connectivity index (χ1v) is 9.21. The van der Waals surface area contributed by atoms with Gasteiger partial charge in [-0.2, -0.15) is 0 Å². The normalized spacial score (nSPS) is 18.1. The molecule has 0 aromatic carbocycles. The Labute approximate surface area is 136 Å². The van der Waals surface area contributed by atoms with Gasteiger partial charge in [-0.3, -0.25) is 4.79 Å². The fourth-order valence-electron chi connectivity index (χ4n) is 2.88. The summed E-state index contributed by atoms with van der Waals surface area (Å²) >= 11 is 1.49. The Morgan fingerprint density at radius 3 is 3.00 bits per heavy atom. The van der Waals surface area contributed by atoms with E-state index in [1.165, 1.54) is 55.9 Å². The van der Waals surface area contributed by atoms with Crippen LogP contribution in [0, 0.1) is 6.92 Å². The molecule has 0 bridgehead atoms. The van der Waals surface area contributed by atoms with Crippen molar-refractivity contribution in [3.05, 3.63) is 17.5 Å². The largest absolute Gasteiger partial charge is 0.355 e. The number of nitrogens with zero attached hydrogens (tertiary/aromatic N) is 3. The lowest BCUT2D eigenvalue weighted by Gasteiger charge is -2.12. The molecular formula is C16H24N4OS. The molecule has 0 spiro atoms. The van der Waals surface area contributed by atoms with Crippen molar-refractivity contribution < 1.29 is 4.79 Å². The van der Waals surface area contributed by atoms with Gasteiger partial charge in [-0.05, 0) is 51.9 Å². The van der Waals surface area contributed by atoms with Crippen LogP contribution in [-0.2, 0) is 4.79 Å². The molecule has 120 valence electrons. The van der Waals surface area contributed by atoms with E-state index in [1.54, 1.807) is 0 Å². The molecule has 1 N–H and O–H groups in total. The summed E-state index contributed by atoms with van der Waals surface area (Å²) in [5.41, 5.74) is 1.50. The van der Waals surface area contributed by atoms with E-state index in [0.717, 1.165) is 23.9 Å². The lowest BCUT2D eigenvalue weighted by molar-refractivity contribution is -0.118. The zero-order valence-electron chi connectivity index (χ0n) is 13.2. The van der Waals surface area contributed by atoms with Crippen molar-refractivity contribution in [2.75, 3.05) is 12.3 Å². The van der Waals surface area contributed by atoms with Crippen LogP contribution in [0.3, 0.4) is 0 Å². The predicted octanol–water partition coefficient (Wildman–Crippen LogP) is 3.02. The number of allylic oxidation sites excluding steroid dienone is 1. The van der Waals surface area contributed by atoms with E-state index in [-0.39, 0.29) is 5.91 Å². The van der Waals surface area contributed by atoms with Crippen molar-refractivity contribution in [2.24, 2.45) is 0 Å². The van der Waals surface area contributed by atoms with Crippen molar-refractivity contribution in [2.45, 2.75) is 63.1 Å². The molecule has 0 saturated heterocycles. The van der Waals surface area contributed by atoms with Crippen molar-refractivity contribution in [3.63, 3.8) is 0 Å². The zero-order chi connectivity index (χ0) is 15.4. The highest BCUT2D eigenvalue weighted by Gasteiger charge is 2.28. The molecule has 0 radical (unpaired) electrons. The second-order valence-corrected chi connectivity index (χ2v) is 7.07. The average molecular weight is 320 g/mol. The highest BCUT2D eigenvalue weighted by atomic mass is 32.2. The van der Waals surface area contributed by atoms with Crippen LogP contribution in [-0.4, -0.2) is 33.0 Å². The number of thioether (sulfide) groups is 1. The Morgan fingerprint density at radius 1 is 1.41 bits per heavy atom. The Hall–Kier alpha value is -1.30. The van der Waals surface area contributed by atoms with Gasteiger partial charge in [0.1, 0.15) is 5.82 Å². The monoisotopic (exact) mass is 320 g/mol. The number of aromatic nitrogens is 3. The van der Waals surface area contributed by atoms with E-state index in [4.69, 9.17) is 0 Å². The van der Waals surface area contributed by atoms with Crippen LogP contribution in [0.2, 0.25) is 0 Å². The minimum Gasteiger partial charge on any atom is -0.355 e. The van der Waals surface area contributed by atoms with Crippen molar-refractivity contribution in [1.29, 1.82) is 0 Å². The Bertz CT molecular complexity index is 562. The molecular weight excluding hydrogens is 296 g/mol. The summed E-state index contributed by atoms with van der Waals surface area (Å²) in [7, 11) is 0. The zero-order valence-corrected chi connectivity index (χ0v) is 14.0. The van der Waals surface area contributed by atoms with E-state index < -0.39 is 0 Å². The van der Waals surface area contributed by atoms with E-state index in [0.29, 0.717) is 11.8 Å². The van der Waals surface area contributed by atoms with Gasteiger partial charge >= 0.3 is 0 Å². The van der Waals surface area contributed by atoms with E-state index in [9.17, 15) is 4.79 Å². The maximum atomic E-state index is 12.0. The van der Waals surface area contributed by atoms with Crippen molar-refractivity contribution in [1.82, 2.24) is 20.1 Å². The smallest absolute Gasteiger partial charge is 0.230 e. The first kappa shape index (κ1) is 15.6. The van der Waals surface area contributed by atoms with Crippen LogP contribution in [0.1, 0.15) is 56.8 Å². The highest BCUT2D eigenvalue weighted by molar-refractivity contribution is 7.99. The molecule has 1 aromatic heterocycles. The molecule has 3 rings (SSSR count). The average Bonchev–Trinajstić information content (AvgIpc) is 3.29. The minimum absolute atomic E-state index is 0.0874. The van der Waals surface area contributed by atoms with E-state index in [1.807, 2.05) is 6.92 Å². The lowest BCUT2D eigenvalue weighted by atomic mass is 9.97. The minimum atomic E-state index is 0.0874. The van der Waals surface area contributed by atoms with Gasteiger partial charge < -0.3 is 9.88 Å². The quantitative estimate of drug-likeness (QED) is 0.620. The summed E-state index contributed by atoms with van der Waals surface area (Å²) in [5.74, 6) is 1.46. The molecule has 0 unspecified atom stereocenters. The number of aryl methyl sites for hydroxylation is 1. The first-order chi connectivity index (χ1) is 10.7. The summed E-state index contributed by atoms with van der Waals surface area (Å²) in [6, 6.07) is 0.554. The number of carbonyl (C=O) groups is 1. The van der Waals surface area contributed by atoms with Crippen LogP contribution < -0.4 is 5.32 Å². The van der Waals surface area contributed by atoms with Gasteiger partial charge in [-0.25, -0.2) is 0 Å². The maximum absolute atomic E-state index is 12.0. The third-order valence-electron chi connectivity index (χ3n) is 4.23. The van der Waals surface area contributed by atoms with E-state index >= 15 is 0 Å². The van der Waals surface area contributed by atoms with Crippen LogP contribution >= 0.6 is 11.8 Å². The number of nitrogens with one attached hydrogen (secondary N) is 1. The summed E-state index contributed by atoms with van der Waals surface area (Å²) in [4.78, 5) is 12.0. The molecule has 1 fully saturated rings. The SMILES string of the molecule is Cc1nnc(SCC(=O)NCCC2=CCCCC2)n1C1CC1. The molecule has 0 atom stereocenters. The van der Waals surface area contributed by atoms with Gasteiger partial charge in [-0.1, -0.05) is 23.4 Å². The van der Waals surface area contributed by atoms with Crippen molar-refractivity contribution >= 4 is 17.7 Å². The van der Waals surface area contributed by atoms with Crippen LogP contribution in [0.25, 0.3) is 0 Å². The standard InChI is InChI=1S/C16H24N4OS/c1-12-18-19-16(20(12)14-7-8-14)22-11-15(21)17-10-9-13-5-3-2-4-6-13/h5,14H,2-4,6-11H2,1H3,(H,17,21). The summed E-state index contributed by atoms with van der Waals surface area (Å²) in [6.07, 6.45) is 10.8. The summed E-state index contributed by atoms with van der Waals surface area (Å²) in [5, 5.41) is 12.2. The molecule has 2 aliphatic rings. The number of amides is 1. The molecule has 0 aliphatic heterocycles. The third-order valence-corrected chi connectivity index (χ3v) is 5.18. The molecule has 1 aromatic rings. The van der Waals surface area contributed by atoms with Gasteiger partial charge in [0.25, 0.3) is 0 Å². The highest BCUT2D eigenvalue weighted by Crippen LogP contribution is 2.38. The Morgan fingerprint density at radius 2 is 2.27 bits per heavy atom. The molecule has 6 heteroatoms. The number of hydrogen-bond acceptors (Lipinski definition) is 4. The van der Waals surface area contributed by atoms with E-state index in [2.05, 4.69) is 26.2 Å². The van der Waals surface area contributed by atoms with Crippen LogP contribution in [0.15, 0.2) is 16.8 Å². The van der Waals surface area contributed by atoms with Gasteiger partial charge in [0.15, 0.2) is 5.16 Å². The maximum Gasteiger partial charge on any atom is 0.230 e. The summed E-state index contributed by atoms with van der Waals surface area (Å²) < 4.78 is 2.17. The first-order valence-electron chi connectivity index (χ1n) is 8.23. The molecule has 1 amide bonds. The van der Waals surface area contributed by atoms with Crippen LogP contribution in [0.5, 0.6) is 0 Å². The number of carbonyl (C=O) groups excluding carboxylic acids is 1. The molecule has 2 aliphatic carbocycles. The van der Waals surface area contributed by atoms with Gasteiger partial charge in [0.05, 0.1) is 5.75 Å². The number of hydrogen-bond donors (Lipinski definition) is 1. The Balaban J connectivity index is 1.40. The molecule has 1 saturated carbocycles. The number of rotatable bonds is 7. The Kier molecular flexibility index (Phi) is 5.18. The fraction of sp³-hybridized carbons (Fsp3) is 0.688. The molecule has 1 heterocycles. The molecule has 22 heavy (non-hydrogen) atoms. The fourth-order valence-corrected chi connectivity index (χ4v) is 3.76. The van der Waals surface area contributed by atoms with Gasteiger partial charge in [-0.15, -0.1) is 10.2 Å². The third kappa shape index (κ3) is 4.12. The second kappa shape index (κ2) is 7.31. The van der Waals surface area contributed by atoms with Crippen molar-refractivity contribution in [3.8, 4) is 0 Å². The van der Waals surface area contributed by atoms with Gasteiger partial charge in [0, 0.05) is 12.6 Å². The molecule has 5 nitrogen and oxygen atoms in total. The predicted molar refractivity (Wildman–Crippen MR) is 87.9 cm³/mol.